The van der Waals surface area contributed by atoms with Crippen molar-refractivity contribution in [3.05, 3.63) is 34.9 Å². The van der Waals surface area contributed by atoms with E-state index in [-0.39, 0.29) is 12.3 Å². The Bertz CT molecular complexity index is 528. The highest BCUT2D eigenvalue weighted by atomic mass is 35.5. The van der Waals surface area contributed by atoms with Crippen LogP contribution in [-0.4, -0.2) is 53.0 Å². The first-order valence-electron chi connectivity index (χ1n) is 8.59. The van der Waals surface area contributed by atoms with Gasteiger partial charge in [0.2, 0.25) is 5.91 Å². The molecule has 2 fully saturated rings. The maximum atomic E-state index is 12.5. The van der Waals surface area contributed by atoms with Crippen LogP contribution in [0.2, 0.25) is 5.02 Å². The summed E-state index contributed by atoms with van der Waals surface area (Å²) in [5.41, 5.74) is 0.746. The Labute approximate surface area is 143 Å². The number of halogens is 1. The Morgan fingerprint density at radius 3 is 2.57 bits per heavy atom. The quantitative estimate of drug-likeness (QED) is 0.919. The molecular formula is C18H25ClN2O2. The molecule has 23 heavy (non-hydrogen) atoms. The predicted octanol–water partition coefficient (Wildman–Crippen LogP) is 2.85. The largest absolute Gasteiger partial charge is 0.388 e. The minimum absolute atomic E-state index is 0.0522. The monoisotopic (exact) mass is 336 g/mol. The summed E-state index contributed by atoms with van der Waals surface area (Å²) in [7, 11) is 0. The van der Waals surface area contributed by atoms with Crippen LogP contribution in [0.4, 0.5) is 0 Å². The van der Waals surface area contributed by atoms with Crippen LogP contribution in [0.1, 0.15) is 43.8 Å². The van der Waals surface area contributed by atoms with E-state index < -0.39 is 6.10 Å². The summed E-state index contributed by atoms with van der Waals surface area (Å²) in [6, 6.07) is 7.56. The van der Waals surface area contributed by atoms with E-state index in [1.165, 1.54) is 32.4 Å². The van der Waals surface area contributed by atoms with Gasteiger partial charge in [-0.15, -0.1) is 0 Å². The average Bonchev–Trinajstić information content (AvgIpc) is 3.10. The first-order valence-corrected chi connectivity index (χ1v) is 8.96. The van der Waals surface area contributed by atoms with E-state index in [1.807, 2.05) is 4.90 Å². The van der Waals surface area contributed by atoms with Crippen molar-refractivity contribution in [1.29, 1.82) is 0 Å². The lowest BCUT2D eigenvalue weighted by molar-refractivity contribution is -0.135. The summed E-state index contributed by atoms with van der Waals surface area (Å²) in [6.07, 6.45) is 4.19. The second-order valence-electron chi connectivity index (χ2n) is 6.65. The molecule has 0 radical (unpaired) electrons. The number of nitrogens with zero attached hydrogens (tertiary/aromatic N) is 2. The van der Waals surface area contributed by atoms with Crippen molar-refractivity contribution in [3.63, 3.8) is 0 Å². The lowest BCUT2D eigenvalue weighted by Crippen LogP contribution is -2.49. The summed E-state index contributed by atoms with van der Waals surface area (Å²) in [5, 5.41) is 10.9. The second kappa shape index (κ2) is 7.65. The maximum Gasteiger partial charge on any atom is 0.225 e. The molecule has 2 aliphatic rings. The number of benzene rings is 1. The minimum Gasteiger partial charge on any atom is -0.388 e. The van der Waals surface area contributed by atoms with E-state index in [1.54, 1.807) is 24.3 Å². The lowest BCUT2D eigenvalue weighted by atomic mass is 10.0. The van der Waals surface area contributed by atoms with Gasteiger partial charge in [0.1, 0.15) is 0 Å². The average molecular weight is 337 g/mol. The van der Waals surface area contributed by atoms with Crippen LogP contribution in [0, 0.1) is 0 Å². The Kier molecular flexibility index (Phi) is 5.57. The second-order valence-corrected chi connectivity index (χ2v) is 7.09. The van der Waals surface area contributed by atoms with Crippen molar-refractivity contribution in [1.82, 2.24) is 9.80 Å². The number of carbonyl (C=O) groups excluding carboxylic acids is 1. The van der Waals surface area contributed by atoms with Gasteiger partial charge in [-0.2, -0.15) is 0 Å². The Morgan fingerprint density at radius 2 is 1.87 bits per heavy atom. The smallest absolute Gasteiger partial charge is 0.225 e. The fraction of sp³-hybridized carbons (Fsp3) is 0.611. The number of rotatable bonds is 4. The van der Waals surface area contributed by atoms with E-state index >= 15 is 0 Å². The molecule has 0 bridgehead atoms. The molecule has 3 rings (SSSR count). The molecule has 4 nitrogen and oxygen atoms in total. The first kappa shape index (κ1) is 16.7. The highest BCUT2D eigenvalue weighted by molar-refractivity contribution is 6.30. The van der Waals surface area contributed by atoms with Crippen molar-refractivity contribution in [2.45, 2.75) is 44.2 Å². The number of aliphatic hydroxyl groups is 1. The molecule has 1 N–H and O–H groups in total. The molecule has 2 atom stereocenters. The number of piperidine rings is 1. The highest BCUT2D eigenvalue weighted by Gasteiger charge is 2.29. The van der Waals surface area contributed by atoms with E-state index in [0.29, 0.717) is 11.1 Å². The molecule has 2 saturated heterocycles. The van der Waals surface area contributed by atoms with Gasteiger partial charge in [0.15, 0.2) is 0 Å². The van der Waals surface area contributed by atoms with Gasteiger partial charge in [-0.05, 0) is 56.5 Å². The number of likely N-dealkylation sites (tertiary alicyclic amines) is 2. The van der Waals surface area contributed by atoms with Crippen LogP contribution in [-0.2, 0) is 4.79 Å². The molecule has 2 aliphatic heterocycles. The number of carbonyl (C=O) groups is 1. The molecular weight excluding hydrogens is 312 g/mol. The topological polar surface area (TPSA) is 43.8 Å². The first-order chi connectivity index (χ1) is 11.1. The van der Waals surface area contributed by atoms with Crippen molar-refractivity contribution in [3.8, 4) is 0 Å². The summed E-state index contributed by atoms with van der Waals surface area (Å²) < 4.78 is 0. The maximum absolute atomic E-state index is 12.5. The summed E-state index contributed by atoms with van der Waals surface area (Å²) >= 11 is 5.86. The van der Waals surface area contributed by atoms with Gasteiger partial charge in [0, 0.05) is 24.2 Å². The van der Waals surface area contributed by atoms with Crippen LogP contribution in [0.3, 0.4) is 0 Å². The van der Waals surface area contributed by atoms with Gasteiger partial charge in [-0.3, -0.25) is 9.69 Å². The fourth-order valence-electron chi connectivity index (χ4n) is 3.68. The van der Waals surface area contributed by atoms with E-state index in [0.717, 1.165) is 25.1 Å². The minimum atomic E-state index is -0.757. The van der Waals surface area contributed by atoms with Crippen LogP contribution in [0.25, 0.3) is 0 Å². The molecule has 0 saturated carbocycles. The van der Waals surface area contributed by atoms with E-state index in [2.05, 4.69) is 4.90 Å². The van der Waals surface area contributed by atoms with Gasteiger partial charge in [0.05, 0.1) is 12.5 Å². The predicted molar refractivity (Wildman–Crippen MR) is 91.4 cm³/mol. The van der Waals surface area contributed by atoms with Gasteiger partial charge < -0.3 is 10.0 Å². The van der Waals surface area contributed by atoms with E-state index in [9.17, 15) is 9.90 Å². The van der Waals surface area contributed by atoms with Gasteiger partial charge in [0.25, 0.3) is 0 Å². The zero-order valence-electron chi connectivity index (χ0n) is 13.5. The zero-order valence-corrected chi connectivity index (χ0v) is 14.2. The van der Waals surface area contributed by atoms with Crippen molar-refractivity contribution in [2.75, 3.05) is 26.2 Å². The number of hydrogen-bond donors (Lipinski definition) is 1. The van der Waals surface area contributed by atoms with Crippen LogP contribution in [0.5, 0.6) is 0 Å². The van der Waals surface area contributed by atoms with Gasteiger partial charge >= 0.3 is 0 Å². The summed E-state index contributed by atoms with van der Waals surface area (Å²) in [6.45, 7) is 3.96. The molecule has 126 valence electrons. The molecule has 2 heterocycles. The van der Waals surface area contributed by atoms with Crippen molar-refractivity contribution >= 4 is 17.5 Å². The molecule has 0 aliphatic carbocycles. The van der Waals surface area contributed by atoms with Crippen LogP contribution >= 0.6 is 11.6 Å². The standard InChI is InChI=1S/C18H25ClN2O2/c19-15-7-5-14(6-8-15)17(22)12-18(23)21-11-3-4-16(13-21)20-9-1-2-10-20/h5-8,16-17,22H,1-4,9-13H2. The third kappa shape index (κ3) is 4.25. The number of amides is 1. The molecule has 5 heteroatoms. The number of hydrogen-bond acceptors (Lipinski definition) is 3. The van der Waals surface area contributed by atoms with Gasteiger partial charge in [-0.25, -0.2) is 0 Å². The number of aliphatic hydroxyl groups excluding tert-OH is 1. The van der Waals surface area contributed by atoms with Crippen LogP contribution < -0.4 is 0 Å². The van der Waals surface area contributed by atoms with Crippen LogP contribution in [0.15, 0.2) is 24.3 Å². The third-order valence-electron chi connectivity index (χ3n) is 5.03. The molecule has 0 aromatic heterocycles. The summed E-state index contributed by atoms with van der Waals surface area (Å²) in [4.78, 5) is 17.0. The van der Waals surface area contributed by atoms with E-state index in [4.69, 9.17) is 11.6 Å². The third-order valence-corrected chi connectivity index (χ3v) is 5.28. The SMILES string of the molecule is O=C(CC(O)c1ccc(Cl)cc1)N1CCCC(N2CCCC2)C1. The normalized spacial score (nSPS) is 23.9. The molecule has 1 amide bonds. The Morgan fingerprint density at radius 1 is 1.17 bits per heavy atom. The Hall–Kier alpha value is -1.10. The molecule has 0 spiro atoms. The lowest BCUT2D eigenvalue weighted by Gasteiger charge is -2.38. The molecule has 2 unspecified atom stereocenters. The zero-order chi connectivity index (χ0) is 16.2. The molecule has 1 aromatic rings. The Balaban J connectivity index is 1.55. The van der Waals surface area contributed by atoms with Crippen molar-refractivity contribution in [2.24, 2.45) is 0 Å². The molecule has 1 aromatic carbocycles. The van der Waals surface area contributed by atoms with Crippen molar-refractivity contribution < 1.29 is 9.90 Å². The summed E-state index contributed by atoms with van der Waals surface area (Å²) in [5.74, 6) is 0.0522. The van der Waals surface area contributed by atoms with Gasteiger partial charge in [-0.1, -0.05) is 23.7 Å². The highest BCUT2D eigenvalue weighted by Crippen LogP contribution is 2.24. The fourth-order valence-corrected chi connectivity index (χ4v) is 3.81.